The van der Waals surface area contributed by atoms with E-state index in [1.165, 1.54) is 24.7 Å². The van der Waals surface area contributed by atoms with Gasteiger partial charge in [-0.3, -0.25) is 24.5 Å². The highest BCUT2D eigenvalue weighted by Gasteiger charge is 2.20. The molecule has 1 saturated heterocycles. The Hall–Kier alpha value is -3.36. The van der Waals surface area contributed by atoms with E-state index in [1.54, 1.807) is 11.0 Å². The maximum atomic E-state index is 12.1. The van der Waals surface area contributed by atoms with Gasteiger partial charge in [-0.1, -0.05) is 6.58 Å². The predicted molar refractivity (Wildman–Crippen MR) is 102 cm³/mol. The van der Waals surface area contributed by atoms with Crippen LogP contribution < -0.4 is 10.3 Å². The van der Waals surface area contributed by atoms with Crippen molar-refractivity contribution < 1.29 is 9.53 Å². The molecule has 3 rings (SSSR count). The molecule has 9 heteroatoms. The van der Waals surface area contributed by atoms with Crippen LogP contribution in [0.15, 0.2) is 40.9 Å². The van der Waals surface area contributed by atoms with Crippen molar-refractivity contribution in [3.8, 4) is 6.01 Å². The average molecular weight is 368 g/mol. The van der Waals surface area contributed by atoms with Crippen molar-refractivity contribution >= 4 is 29.2 Å². The van der Waals surface area contributed by atoms with Gasteiger partial charge in [0.25, 0.3) is 11.6 Å². The quantitative estimate of drug-likeness (QED) is 0.580. The SMILES string of the molecule is C=CC(=O)N1CCC(N=CC(C=N)Oc2nc3cnccc3c(=O)[nH]2)CC1. The highest BCUT2D eigenvalue weighted by Crippen LogP contribution is 2.14. The Morgan fingerprint density at radius 2 is 2.26 bits per heavy atom. The lowest BCUT2D eigenvalue weighted by Crippen LogP contribution is -2.39. The molecule has 3 heterocycles. The maximum Gasteiger partial charge on any atom is 0.298 e. The van der Waals surface area contributed by atoms with Crippen molar-refractivity contribution in [1.82, 2.24) is 19.9 Å². The number of likely N-dealkylation sites (tertiary alicyclic amines) is 1. The van der Waals surface area contributed by atoms with Crippen molar-refractivity contribution in [3.05, 3.63) is 41.5 Å². The van der Waals surface area contributed by atoms with E-state index in [-0.39, 0.29) is 23.5 Å². The molecule has 0 bridgehead atoms. The fourth-order valence-electron chi connectivity index (χ4n) is 2.83. The van der Waals surface area contributed by atoms with Gasteiger partial charge in [0.2, 0.25) is 5.91 Å². The lowest BCUT2D eigenvalue weighted by atomic mass is 10.1. The number of amides is 1. The lowest BCUT2D eigenvalue weighted by Gasteiger charge is -2.29. The summed E-state index contributed by atoms with van der Waals surface area (Å²) in [5.74, 6) is -0.0704. The van der Waals surface area contributed by atoms with Crippen LogP contribution in [0.2, 0.25) is 0 Å². The number of hydrogen-bond acceptors (Lipinski definition) is 7. The summed E-state index contributed by atoms with van der Waals surface area (Å²) in [6.45, 7) is 4.73. The summed E-state index contributed by atoms with van der Waals surface area (Å²) >= 11 is 0. The standard InChI is InChI=1S/C18H20N6O3/c1-2-16(25)24-7-4-12(5-8-24)21-10-13(9-19)27-18-22-15-11-20-6-3-14(15)17(26)23-18/h2-3,6,9-13,19H,1,4-5,7-8H2,(H,22,23,26). The van der Waals surface area contributed by atoms with E-state index in [1.807, 2.05) is 0 Å². The van der Waals surface area contributed by atoms with E-state index in [0.29, 0.717) is 24.0 Å². The second-order valence-corrected chi connectivity index (χ2v) is 6.07. The highest BCUT2D eigenvalue weighted by molar-refractivity contribution is 5.87. The molecule has 140 valence electrons. The molecule has 0 spiro atoms. The zero-order valence-corrected chi connectivity index (χ0v) is 14.7. The molecule has 27 heavy (non-hydrogen) atoms. The average Bonchev–Trinajstić information content (AvgIpc) is 2.71. The zero-order valence-electron chi connectivity index (χ0n) is 14.7. The minimum Gasteiger partial charge on any atom is -0.450 e. The van der Waals surface area contributed by atoms with Gasteiger partial charge in [-0.25, -0.2) is 0 Å². The van der Waals surface area contributed by atoms with Gasteiger partial charge in [0.15, 0.2) is 6.10 Å². The van der Waals surface area contributed by atoms with Gasteiger partial charge in [-0.05, 0) is 25.0 Å². The third-order valence-electron chi connectivity index (χ3n) is 4.29. The van der Waals surface area contributed by atoms with Gasteiger partial charge < -0.3 is 15.0 Å². The zero-order chi connectivity index (χ0) is 19.2. The van der Waals surface area contributed by atoms with E-state index >= 15 is 0 Å². The molecule has 2 aromatic heterocycles. The number of piperidine rings is 1. The Balaban J connectivity index is 1.64. The number of carbonyl (C=O) groups excluding carboxylic acids is 1. The van der Waals surface area contributed by atoms with Gasteiger partial charge in [0, 0.05) is 31.7 Å². The van der Waals surface area contributed by atoms with Crippen molar-refractivity contribution in [1.29, 1.82) is 5.41 Å². The second kappa shape index (κ2) is 8.35. The minimum atomic E-state index is -0.755. The number of aliphatic imine (C=N–C) groups is 1. The van der Waals surface area contributed by atoms with E-state index in [2.05, 4.69) is 26.5 Å². The summed E-state index contributed by atoms with van der Waals surface area (Å²) in [5, 5.41) is 7.93. The molecule has 1 aliphatic heterocycles. The Kier molecular flexibility index (Phi) is 5.70. The molecule has 0 saturated carbocycles. The number of ether oxygens (including phenoxy) is 1. The predicted octanol–water partition coefficient (Wildman–Crippen LogP) is 0.963. The van der Waals surface area contributed by atoms with Crippen LogP contribution in [-0.2, 0) is 4.79 Å². The third kappa shape index (κ3) is 4.43. The number of pyridine rings is 1. The van der Waals surface area contributed by atoms with Crippen LogP contribution in [0.5, 0.6) is 6.01 Å². The number of H-pyrrole nitrogens is 1. The first-order valence-corrected chi connectivity index (χ1v) is 8.56. The molecule has 0 aromatic carbocycles. The van der Waals surface area contributed by atoms with E-state index in [0.717, 1.165) is 19.1 Å². The Morgan fingerprint density at radius 3 is 2.96 bits per heavy atom. The van der Waals surface area contributed by atoms with Crippen LogP contribution in [-0.4, -0.2) is 63.4 Å². The molecule has 1 fully saturated rings. The summed E-state index contributed by atoms with van der Waals surface area (Å²) in [6, 6.07) is 1.63. The summed E-state index contributed by atoms with van der Waals surface area (Å²) in [5.41, 5.74) is 0.0773. The number of fused-ring (bicyclic) bond motifs is 1. The Morgan fingerprint density at radius 1 is 1.48 bits per heavy atom. The van der Waals surface area contributed by atoms with Crippen LogP contribution in [0, 0.1) is 5.41 Å². The van der Waals surface area contributed by atoms with Gasteiger partial charge >= 0.3 is 0 Å². The number of nitrogens with one attached hydrogen (secondary N) is 2. The molecule has 1 aliphatic rings. The molecule has 2 aromatic rings. The molecule has 1 unspecified atom stereocenters. The van der Waals surface area contributed by atoms with Crippen LogP contribution in [0.25, 0.3) is 10.9 Å². The van der Waals surface area contributed by atoms with Gasteiger partial charge in [-0.15, -0.1) is 0 Å². The number of carbonyl (C=O) groups is 1. The summed E-state index contributed by atoms with van der Waals surface area (Å²) in [6.07, 6.45) is 7.62. The summed E-state index contributed by atoms with van der Waals surface area (Å²) in [4.78, 5) is 40.5. The molecular weight excluding hydrogens is 348 g/mol. The number of rotatable bonds is 6. The highest BCUT2D eigenvalue weighted by atomic mass is 16.5. The van der Waals surface area contributed by atoms with Crippen LogP contribution in [0.1, 0.15) is 12.8 Å². The topological polar surface area (TPSA) is 124 Å². The van der Waals surface area contributed by atoms with Gasteiger partial charge in [-0.2, -0.15) is 4.98 Å². The normalized spacial score (nSPS) is 16.4. The molecule has 1 amide bonds. The van der Waals surface area contributed by atoms with Crippen LogP contribution in [0.4, 0.5) is 0 Å². The fourth-order valence-corrected chi connectivity index (χ4v) is 2.83. The number of hydrogen-bond donors (Lipinski definition) is 2. The van der Waals surface area contributed by atoms with Crippen LogP contribution >= 0.6 is 0 Å². The van der Waals surface area contributed by atoms with Gasteiger partial charge in [0.05, 0.1) is 23.1 Å². The monoisotopic (exact) mass is 368 g/mol. The van der Waals surface area contributed by atoms with Crippen molar-refractivity contribution in [3.63, 3.8) is 0 Å². The summed E-state index contributed by atoms with van der Waals surface area (Å²) in [7, 11) is 0. The lowest BCUT2D eigenvalue weighted by molar-refractivity contribution is -0.126. The number of aromatic nitrogens is 3. The van der Waals surface area contributed by atoms with Crippen molar-refractivity contribution in [2.45, 2.75) is 25.0 Å². The summed E-state index contributed by atoms with van der Waals surface area (Å²) < 4.78 is 5.56. The molecule has 1 atom stereocenters. The Bertz CT molecular complexity index is 930. The number of aromatic amines is 1. The fraction of sp³-hybridized carbons (Fsp3) is 0.333. The van der Waals surface area contributed by atoms with E-state index in [9.17, 15) is 9.59 Å². The molecule has 0 aliphatic carbocycles. The molecular formula is C18H20N6O3. The number of nitrogens with zero attached hydrogens (tertiary/aromatic N) is 4. The molecule has 0 radical (unpaired) electrons. The molecule has 2 N–H and O–H groups in total. The van der Waals surface area contributed by atoms with Crippen LogP contribution in [0.3, 0.4) is 0 Å². The third-order valence-corrected chi connectivity index (χ3v) is 4.29. The first-order chi connectivity index (χ1) is 13.1. The molecule has 9 nitrogen and oxygen atoms in total. The van der Waals surface area contributed by atoms with Crippen molar-refractivity contribution in [2.75, 3.05) is 13.1 Å². The maximum absolute atomic E-state index is 12.1. The van der Waals surface area contributed by atoms with E-state index < -0.39 is 6.10 Å². The first kappa shape index (κ1) is 18.4. The van der Waals surface area contributed by atoms with Gasteiger partial charge in [0.1, 0.15) is 0 Å². The largest absolute Gasteiger partial charge is 0.450 e. The first-order valence-electron chi connectivity index (χ1n) is 8.56. The Labute approximate surface area is 155 Å². The second-order valence-electron chi connectivity index (χ2n) is 6.07. The minimum absolute atomic E-state index is 0.00634. The smallest absolute Gasteiger partial charge is 0.298 e. The van der Waals surface area contributed by atoms with Crippen molar-refractivity contribution in [2.24, 2.45) is 4.99 Å². The van der Waals surface area contributed by atoms with E-state index in [4.69, 9.17) is 10.1 Å².